The van der Waals surface area contributed by atoms with Crippen LogP contribution in [-0.2, 0) is 5.60 Å². The Morgan fingerprint density at radius 3 is 1.84 bits per heavy atom. The van der Waals surface area contributed by atoms with Crippen molar-refractivity contribution in [3.8, 4) is 87.1 Å². The lowest BCUT2D eigenvalue weighted by Crippen LogP contribution is -2.33. The number of unbranched alkanes of at least 4 members (excludes halogenated alkanes) is 9. The van der Waals surface area contributed by atoms with Gasteiger partial charge in [-0.3, -0.25) is 0 Å². The molecular formula is C35H34OS2. The van der Waals surface area contributed by atoms with E-state index in [2.05, 4.69) is 98.0 Å². The Labute approximate surface area is 238 Å². The molecule has 1 atom stereocenters. The average molecular weight is 535 g/mol. The zero-order valence-corrected chi connectivity index (χ0v) is 24.4. The average Bonchev–Trinajstić information content (AvgIpc) is 3.48. The van der Waals surface area contributed by atoms with Crippen molar-refractivity contribution >= 4 is 22.7 Å². The highest BCUT2D eigenvalue weighted by molar-refractivity contribution is 7.22. The monoisotopic (exact) mass is 534 g/mol. The van der Waals surface area contributed by atoms with Gasteiger partial charge in [0.25, 0.3) is 0 Å². The molecule has 192 valence electrons. The van der Waals surface area contributed by atoms with Crippen LogP contribution in [0.3, 0.4) is 0 Å². The molecule has 1 nitrogen and oxygen atoms in total. The highest BCUT2D eigenvalue weighted by atomic mass is 32.1. The topological polar surface area (TPSA) is 9.23 Å². The molecule has 3 heterocycles. The highest BCUT2D eigenvalue weighted by Crippen LogP contribution is 2.53. The molecule has 0 amide bonds. The summed E-state index contributed by atoms with van der Waals surface area (Å²) in [5.74, 6) is 30.7. The van der Waals surface area contributed by atoms with E-state index in [-0.39, 0.29) is 0 Å². The molecule has 3 heteroatoms. The number of ether oxygens (including phenoxy) is 1. The molecule has 1 aliphatic rings. The van der Waals surface area contributed by atoms with Gasteiger partial charge in [-0.2, -0.15) is 0 Å². The number of aryl methyl sites for hydroxylation is 2. The van der Waals surface area contributed by atoms with E-state index in [0.717, 1.165) is 18.6 Å². The molecule has 2 aromatic rings. The van der Waals surface area contributed by atoms with E-state index in [0.29, 0.717) is 0 Å². The second-order valence-corrected chi connectivity index (χ2v) is 11.9. The lowest BCUT2D eigenvalue weighted by Gasteiger charge is -2.33. The van der Waals surface area contributed by atoms with Gasteiger partial charge in [-0.15, -0.1) is 29.1 Å². The quantitative estimate of drug-likeness (QED) is 0.207. The zero-order chi connectivity index (χ0) is 27.1. The van der Waals surface area contributed by atoms with E-state index in [1.807, 2.05) is 11.3 Å². The van der Waals surface area contributed by atoms with Crippen LogP contribution < -0.4 is 4.74 Å². The van der Waals surface area contributed by atoms with Crippen LogP contribution in [0.1, 0.15) is 92.9 Å². The second kappa shape index (κ2) is 15.7. The first-order valence-corrected chi connectivity index (χ1v) is 15.1. The summed E-state index contributed by atoms with van der Waals surface area (Å²) in [5.41, 5.74) is 0.497. The van der Waals surface area contributed by atoms with Crippen LogP contribution in [0.4, 0.5) is 0 Å². The standard InChI is InChI=1S/C35H34OS2/c1-5-7-9-11-13-15-17-19-21-23-25-35(26-24-22-20-18-16-14-12-10-8-6-2)31-27-29(3)37-33(31)34-32(36-35)28-30(4)38-34/h1,27-28H,6,8,10,12,14,16,18,20,22,24,26H2,2-4H3. The lowest BCUT2D eigenvalue weighted by molar-refractivity contribution is 0.114. The van der Waals surface area contributed by atoms with Crippen LogP contribution in [0.5, 0.6) is 5.75 Å². The van der Waals surface area contributed by atoms with Gasteiger partial charge >= 0.3 is 0 Å². The third kappa shape index (κ3) is 8.56. The number of hydrogen-bond acceptors (Lipinski definition) is 3. The molecule has 0 radical (unpaired) electrons. The molecule has 0 spiro atoms. The van der Waals surface area contributed by atoms with Crippen LogP contribution >= 0.6 is 22.7 Å². The van der Waals surface area contributed by atoms with Crippen LogP contribution in [0, 0.1) is 85.4 Å². The van der Waals surface area contributed by atoms with Crippen LogP contribution in [0.15, 0.2) is 12.1 Å². The summed E-state index contributed by atoms with van der Waals surface area (Å²) < 4.78 is 6.73. The third-order valence-corrected chi connectivity index (χ3v) is 8.57. The molecular weight excluding hydrogens is 501 g/mol. The first-order chi connectivity index (χ1) is 18.6. The predicted molar refractivity (Wildman–Crippen MR) is 164 cm³/mol. The molecule has 3 rings (SSSR count). The fourth-order valence-electron chi connectivity index (χ4n) is 4.54. The van der Waals surface area contributed by atoms with Gasteiger partial charge in [0.1, 0.15) is 5.75 Å². The smallest absolute Gasteiger partial charge is 0.197 e. The van der Waals surface area contributed by atoms with Gasteiger partial charge in [0.2, 0.25) is 0 Å². The molecule has 0 N–H and O–H groups in total. The molecule has 0 bridgehead atoms. The van der Waals surface area contributed by atoms with Crippen molar-refractivity contribution in [2.75, 3.05) is 0 Å². The summed E-state index contributed by atoms with van der Waals surface area (Å²) in [6.07, 6.45) is 18.9. The maximum absolute atomic E-state index is 6.73. The van der Waals surface area contributed by atoms with Crippen molar-refractivity contribution in [3.05, 3.63) is 27.5 Å². The van der Waals surface area contributed by atoms with Gasteiger partial charge in [-0.25, -0.2) is 0 Å². The first-order valence-electron chi connectivity index (χ1n) is 13.5. The Hall–Kier alpha value is -3.44. The molecule has 0 fully saturated rings. The Morgan fingerprint density at radius 1 is 0.684 bits per heavy atom. The Bertz CT molecular complexity index is 1450. The van der Waals surface area contributed by atoms with E-state index >= 15 is 0 Å². The molecule has 0 aromatic carbocycles. The second-order valence-electron chi connectivity index (χ2n) is 9.41. The summed E-state index contributed by atoms with van der Waals surface area (Å²) in [4.78, 5) is 5.03. The van der Waals surface area contributed by atoms with Crippen molar-refractivity contribution in [1.29, 1.82) is 0 Å². The van der Waals surface area contributed by atoms with Gasteiger partial charge < -0.3 is 4.74 Å². The van der Waals surface area contributed by atoms with Crippen molar-refractivity contribution in [2.45, 2.75) is 97.0 Å². The Balaban J connectivity index is 1.72. The minimum absolute atomic E-state index is 0.687. The lowest BCUT2D eigenvalue weighted by atomic mass is 9.86. The summed E-state index contributed by atoms with van der Waals surface area (Å²) >= 11 is 3.62. The fourth-order valence-corrected chi connectivity index (χ4v) is 6.71. The van der Waals surface area contributed by atoms with E-state index < -0.39 is 5.60 Å². The van der Waals surface area contributed by atoms with Gasteiger partial charge in [0, 0.05) is 21.7 Å². The van der Waals surface area contributed by atoms with Gasteiger partial charge in [-0.1, -0.05) is 64.7 Å². The summed E-state index contributed by atoms with van der Waals surface area (Å²) in [6.45, 7) is 6.56. The van der Waals surface area contributed by atoms with Gasteiger partial charge in [-0.05, 0) is 97.5 Å². The zero-order valence-electron chi connectivity index (χ0n) is 22.7. The molecule has 0 saturated carbocycles. The van der Waals surface area contributed by atoms with Gasteiger partial charge in [0.15, 0.2) is 5.60 Å². The number of fused-ring (bicyclic) bond motifs is 3. The maximum atomic E-state index is 6.73. The molecule has 1 aliphatic heterocycles. The third-order valence-electron chi connectivity index (χ3n) is 6.32. The van der Waals surface area contributed by atoms with Crippen molar-refractivity contribution in [1.82, 2.24) is 0 Å². The Morgan fingerprint density at radius 2 is 1.21 bits per heavy atom. The minimum Gasteiger partial charge on any atom is -0.469 e. The minimum atomic E-state index is -0.687. The summed E-state index contributed by atoms with van der Waals surface area (Å²) in [6, 6.07) is 4.40. The molecule has 1 unspecified atom stereocenters. The predicted octanol–water partition coefficient (Wildman–Crippen LogP) is 8.64. The number of thiophene rings is 2. The van der Waals surface area contributed by atoms with Crippen molar-refractivity contribution < 1.29 is 4.74 Å². The highest BCUT2D eigenvalue weighted by Gasteiger charge is 2.41. The van der Waals surface area contributed by atoms with Crippen LogP contribution in [-0.4, -0.2) is 0 Å². The van der Waals surface area contributed by atoms with E-state index in [1.54, 1.807) is 11.3 Å². The van der Waals surface area contributed by atoms with E-state index in [4.69, 9.17) is 11.2 Å². The Kier molecular flexibility index (Phi) is 12.1. The van der Waals surface area contributed by atoms with Crippen molar-refractivity contribution in [2.24, 2.45) is 0 Å². The normalized spacial score (nSPS) is 14.1. The van der Waals surface area contributed by atoms with Gasteiger partial charge in [0.05, 0.1) is 9.75 Å². The molecule has 38 heavy (non-hydrogen) atoms. The first kappa shape index (κ1) is 29.1. The number of hydrogen-bond donors (Lipinski definition) is 0. The SMILES string of the molecule is C#CC#CC#CC#CC#CC#CC1(CCCCCCCCCCCC)Oc2cc(C)sc2-c2sc(C)cc21. The molecule has 0 aliphatic carbocycles. The van der Waals surface area contributed by atoms with Crippen LogP contribution in [0.25, 0.3) is 9.75 Å². The summed E-state index contributed by atoms with van der Waals surface area (Å²) in [7, 11) is 0. The van der Waals surface area contributed by atoms with Crippen LogP contribution in [0.2, 0.25) is 0 Å². The van der Waals surface area contributed by atoms with E-state index in [1.165, 1.54) is 82.9 Å². The number of terminal acetylenes is 1. The largest absolute Gasteiger partial charge is 0.469 e. The molecule has 2 aromatic heterocycles. The van der Waals surface area contributed by atoms with Crippen molar-refractivity contribution in [3.63, 3.8) is 0 Å². The summed E-state index contributed by atoms with van der Waals surface area (Å²) in [5, 5.41) is 0. The number of rotatable bonds is 11. The fraction of sp³-hybridized carbons (Fsp3) is 0.429. The maximum Gasteiger partial charge on any atom is 0.197 e. The van der Waals surface area contributed by atoms with E-state index in [9.17, 15) is 0 Å². The molecule has 0 saturated heterocycles.